The second-order valence-electron chi connectivity index (χ2n) is 10.1. The van der Waals surface area contributed by atoms with E-state index < -0.39 is 41.2 Å². The van der Waals surface area contributed by atoms with Crippen LogP contribution in [0.1, 0.15) is 47.8 Å². The molecule has 2 fully saturated rings. The van der Waals surface area contributed by atoms with Gasteiger partial charge in [-0.3, -0.25) is 24.5 Å². The lowest BCUT2D eigenvalue weighted by Gasteiger charge is -2.31. The zero-order chi connectivity index (χ0) is 27.7. The molecular weight excluding hydrogens is 496 g/mol. The SMILES string of the molecule is CCCOc1ccc(C2NC(Cc3ccccc3)(C(=O)O)C3C(=O)N(c4ccc(C(C)=O)cc4)C(=O)C23)cc1. The molecule has 8 heteroatoms. The summed E-state index contributed by atoms with van der Waals surface area (Å²) in [6.45, 7) is 4.01. The molecule has 0 spiro atoms. The smallest absolute Gasteiger partial charge is 0.325 e. The molecule has 2 N–H and O–H groups in total. The molecule has 0 bridgehead atoms. The Morgan fingerprint density at radius 3 is 2.21 bits per heavy atom. The van der Waals surface area contributed by atoms with Crippen LogP contribution in [0.2, 0.25) is 0 Å². The van der Waals surface area contributed by atoms with Gasteiger partial charge in [0.1, 0.15) is 11.3 Å². The first-order valence-corrected chi connectivity index (χ1v) is 13.0. The average Bonchev–Trinajstić information content (AvgIpc) is 3.42. The maximum Gasteiger partial charge on any atom is 0.325 e. The Morgan fingerprint density at radius 2 is 1.62 bits per heavy atom. The van der Waals surface area contributed by atoms with Crippen LogP contribution < -0.4 is 15.0 Å². The molecule has 2 amide bonds. The molecule has 4 atom stereocenters. The largest absolute Gasteiger partial charge is 0.494 e. The van der Waals surface area contributed by atoms with Crippen LogP contribution in [0.25, 0.3) is 0 Å². The van der Waals surface area contributed by atoms with Crippen LogP contribution in [0.15, 0.2) is 78.9 Å². The van der Waals surface area contributed by atoms with Crippen LogP contribution in [0.3, 0.4) is 0 Å². The van der Waals surface area contributed by atoms with Crippen molar-refractivity contribution in [2.24, 2.45) is 11.8 Å². The quantitative estimate of drug-likeness (QED) is 0.317. The number of aliphatic carboxylic acids is 1. The van der Waals surface area contributed by atoms with Crippen molar-refractivity contribution < 1.29 is 29.0 Å². The number of fused-ring (bicyclic) bond motifs is 1. The molecule has 2 aliphatic heterocycles. The van der Waals surface area contributed by atoms with Crippen LogP contribution in [0.5, 0.6) is 5.75 Å². The summed E-state index contributed by atoms with van der Waals surface area (Å²) in [6.07, 6.45) is 0.880. The Labute approximate surface area is 226 Å². The fourth-order valence-corrected chi connectivity index (χ4v) is 5.73. The molecule has 8 nitrogen and oxygen atoms in total. The molecule has 200 valence electrons. The number of carbonyl (C=O) groups excluding carboxylic acids is 3. The van der Waals surface area contributed by atoms with Crippen molar-refractivity contribution in [3.8, 4) is 5.75 Å². The predicted octanol–water partition coefficient (Wildman–Crippen LogP) is 4.19. The van der Waals surface area contributed by atoms with Crippen molar-refractivity contribution >= 4 is 29.3 Å². The molecule has 0 aromatic heterocycles. The van der Waals surface area contributed by atoms with Gasteiger partial charge in [-0.15, -0.1) is 0 Å². The van der Waals surface area contributed by atoms with E-state index in [1.807, 2.05) is 49.4 Å². The van der Waals surface area contributed by atoms with Crippen LogP contribution in [0.4, 0.5) is 5.69 Å². The number of carboxylic acid groups (broad SMARTS) is 1. The van der Waals surface area contributed by atoms with Gasteiger partial charge in [0.15, 0.2) is 5.78 Å². The summed E-state index contributed by atoms with van der Waals surface area (Å²) < 4.78 is 5.69. The Bertz CT molecular complexity index is 1400. The lowest BCUT2D eigenvalue weighted by molar-refractivity contribution is -0.148. The van der Waals surface area contributed by atoms with E-state index in [9.17, 15) is 24.3 Å². The van der Waals surface area contributed by atoms with Crippen molar-refractivity contribution in [2.75, 3.05) is 11.5 Å². The van der Waals surface area contributed by atoms with E-state index in [2.05, 4.69) is 5.32 Å². The number of nitrogens with one attached hydrogen (secondary N) is 1. The van der Waals surface area contributed by atoms with E-state index in [1.54, 1.807) is 36.4 Å². The molecular formula is C31H30N2O6. The first-order chi connectivity index (χ1) is 18.8. The minimum atomic E-state index is -1.71. The highest BCUT2D eigenvalue weighted by molar-refractivity contribution is 6.24. The molecule has 3 aromatic carbocycles. The van der Waals surface area contributed by atoms with Crippen molar-refractivity contribution in [2.45, 2.75) is 38.3 Å². The molecule has 4 unspecified atom stereocenters. The zero-order valence-corrected chi connectivity index (χ0v) is 21.8. The number of hydrogen-bond donors (Lipinski definition) is 2. The van der Waals surface area contributed by atoms with Crippen LogP contribution in [-0.4, -0.2) is 40.8 Å². The Balaban J connectivity index is 1.59. The first-order valence-electron chi connectivity index (χ1n) is 13.0. The summed E-state index contributed by atoms with van der Waals surface area (Å²) in [7, 11) is 0. The minimum Gasteiger partial charge on any atom is -0.494 e. The van der Waals surface area contributed by atoms with Gasteiger partial charge in [0, 0.05) is 18.0 Å². The predicted molar refractivity (Wildman–Crippen MR) is 145 cm³/mol. The summed E-state index contributed by atoms with van der Waals surface area (Å²) in [5, 5.41) is 13.9. The van der Waals surface area contributed by atoms with Crippen molar-refractivity contribution in [3.05, 3.63) is 95.6 Å². The number of nitrogens with zero attached hydrogens (tertiary/aromatic N) is 1. The first kappa shape index (κ1) is 26.3. The second kappa shape index (κ2) is 10.5. The molecule has 0 saturated carbocycles. The van der Waals surface area contributed by atoms with Gasteiger partial charge in [-0.25, -0.2) is 4.90 Å². The van der Waals surface area contributed by atoms with Crippen molar-refractivity contribution in [1.29, 1.82) is 0 Å². The van der Waals surface area contributed by atoms with E-state index in [4.69, 9.17) is 4.74 Å². The third-order valence-electron chi connectivity index (χ3n) is 7.61. The lowest BCUT2D eigenvalue weighted by Crippen LogP contribution is -2.57. The normalized spacial score (nSPS) is 24.1. The monoisotopic (exact) mass is 526 g/mol. The number of carboxylic acids is 1. The van der Waals surface area contributed by atoms with Gasteiger partial charge in [0.05, 0.1) is 24.1 Å². The Kier molecular flexibility index (Phi) is 7.06. The fourth-order valence-electron chi connectivity index (χ4n) is 5.73. The molecule has 2 heterocycles. The molecule has 3 aromatic rings. The number of amides is 2. The zero-order valence-electron chi connectivity index (χ0n) is 21.8. The van der Waals surface area contributed by atoms with Crippen molar-refractivity contribution in [1.82, 2.24) is 5.32 Å². The van der Waals surface area contributed by atoms with E-state index >= 15 is 0 Å². The van der Waals surface area contributed by atoms with Gasteiger partial charge >= 0.3 is 5.97 Å². The van der Waals surface area contributed by atoms with Crippen LogP contribution in [0, 0.1) is 11.8 Å². The number of benzene rings is 3. The van der Waals surface area contributed by atoms with Gasteiger partial charge in [-0.2, -0.15) is 0 Å². The van der Waals surface area contributed by atoms with E-state index in [0.29, 0.717) is 29.2 Å². The summed E-state index contributed by atoms with van der Waals surface area (Å²) in [5.74, 6) is -3.78. The van der Waals surface area contributed by atoms with Crippen LogP contribution in [-0.2, 0) is 20.8 Å². The van der Waals surface area contributed by atoms with Gasteiger partial charge in [0.25, 0.3) is 0 Å². The number of ketones is 1. The number of ether oxygens (including phenoxy) is 1. The molecule has 2 aliphatic rings. The van der Waals surface area contributed by atoms with Gasteiger partial charge in [-0.05, 0) is 60.9 Å². The summed E-state index contributed by atoms with van der Waals surface area (Å²) in [5.41, 5.74) is 0.478. The number of anilines is 1. The number of imide groups is 1. The highest BCUT2D eigenvalue weighted by Gasteiger charge is 2.68. The highest BCUT2D eigenvalue weighted by atomic mass is 16.5. The standard InChI is InChI=1S/C31H30N2O6/c1-3-17-39-24-15-11-22(12-16-24)27-25-26(31(32-27,30(37)38)18-20-7-5-4-6-8-20)29(36)33(28(25)35)23-13-9-21(10-14-23)19(2)34/h4-16,25-27,32H,3,17-18H2,1-2H3,(H,37,38). The minimum absolute atomic E-state index is 0.0225. The second-order valence-corrected chi connectivity index (χ2v) is 10.1. The van der Waals surface area contributed by atoms with Gasteiger partial charge < -0.3 is 9.84 Å². The molecule has 0 aliphatic carbocycles. The number of rotatable bonds is 9. The fraction of sp³-hybridized carbons (Fsp3) is 0.290. The number of hydrogen-bond acceptors (Lipinski definition) is 6. The van der Waals surface area contributed by atoms with E-state index in [-0.39, 0.29) is 12.2 Å². The maximum atomic E-state index is 14.0. The number of Topliss-reactive ketones (excluding diaryl/α,β-unsaturated/α-hetero) is 1. The lowest BCUT2D eigenvalue weighted by atomic mass is 9.76. The third kappa shape index (κ3) is 4.61. The molecule has 0 radical (unpaired) electrons. The Morgan fingerprint density at radius 1 is 0.949 bits per heavy atom. The molecule has 5 rings (SSSR count). The van der Waals surface area contributed by atoms with E-state index in [1.165, 1.54) is 6.92 Å². The van der Waals surface area contributed by atoms with Gasteiger partial charge in [0.2, 0.25) is 11.8 Å². The average molecular weight is 527 g/mol. The summed E-state index contributed by atoms with van der Waals surface area (Å²) in [4.78, 5) is 53.8. The maximum absolute atomic E-state index is 14.0. The summed E-state index contributed by atoms with van der Waals surface area (Å²) >= 11 is 0. The number of carbonyl (C=O) groups is 4. The van der Waals surface area contributed by atoms with Crippen molar-refractivity contribution in [3.63, 3.8) is 0 Å². The van der Waals surface area contributed by atoms with Crippen LogP contribution >= 0.6 is 0 Å². The summed E-state index contributed by atoms with van der Waals surface area (Å²) in [6, 6.07) is 21.8. The third-order valence-corrected chi connectivity index (χ3v) is 7.61. The highest BCUT2D eigenvalue weighted by Crippen LogP contribution is 2.51. The topological polar surface area (TPSA) is 113 Å². The molecule has 2 saturated heterocycles. The molecule has 39 heavy (non-hydrogen) atoms. The van der Waals surface area contributed by atoms with Gasteiger partial charge in [-0.1, -0.05) is 49.4 Å². The van der Waals surface area contributed by atoms with E-state index in [0.717, 1.165) is 16.9 Å². The Hall–Kier alpha value is -4.30.